The van der Waals surface area contributed by atoms with Crippen molar-refractivity contribution in [1.29, 1.82) is 0 Å². The summed E-state index contributed by atoms with van der Waals surface area (Å²) in [5, 5.41) is 13.3. The molecule has 0 atom stereocenters. The average Bonchev–Trinajstić information content (AvgIpc) is 3.08. The van der Waals surface area contributed by atoms with Gasteiger partial charge < -0.3 is 14.4 Å². The van der Waals surface area contributed by atoms with E-state index in [2.05, 4.69) is 4.98 Å². The van der Waals surface area contributed by atoms with Gasteiger partial charge in [-0.15, -0.1) is 0 Å². The summed E-state index contributed by atoms with van der Waals surface area (Å²) in [5.41, 5.74) is 1.06. The molecule has 5 heteroatoms. The lowest BCUT2D eigenvalue weighted by atomic mass is 10.2. The standard InChI is InChI=1S/C17H15N3O2/c1-19-6-5-11-7-16(18-9-15(11)19)20-10-12-3-4-13(22-2)8-14(12)17(20)21/h3-10,21H,1-2H3. The van der Waals surface area contributed by atoms with E-state index in [9.17, 15) is 5.11 Å². The van der Waals surface area contributed by atoms with Crippen LogP contribution >= 0.6 is 0 Å². The third-order valence-corrected chi connectivity index (χ3v) is 4.00. The summed E-state index contributed by atoms with van der Waals surface area (Å²) < 4.78 is 8.92. The molecule has 3 aromatic heterocycles. The van der Waals surface area contributed by atoms with Gasteiger partial charge >= 0.3 is 0 Å². The van der Waals surface area contributed by atoms with Crippen LogP contribution in [0, 0.1) is 0 Å². The number of hydrogen-bond acceptors (Lipinski definition) is 3. The van der Waals surface area contributed by atoms with Gasteiger partial charge in [-0.1, -0.05) is 0 Å². The molecule has 0 bridgehead atoms. The first kappa shape index (κ1) is 12.8. The molecule has 0 aliphatic heterocycles. The molecular weight excluding hydrogens is 278 g/mol. The van der Waals surface area contributed by atoms with Crippen molar-refractivity contribution in [2.24, 2.45) is 7.05 Å². The van der Waals surface area contributed by atoms with E-state index in [1.165, 1.54) is 0 Å². The fraction of sp³-hybridized carbons (Fsp3) is 0.118. The first-order valence-corrected chi connectivity index (χ1v) is 6.97. The molecule has 0 saturated carbocycles. The van der Waals surface area contributed by atoms with Crippen LogP contribution in [0.4, 0.5) is 0 Å². The van der Waals surface area contributed by atoms with Gasteiger partial charge in [0.05, 0.1) is 18.8 Å². The van der Waals surface area contributed by atoms with E-state index in [0.717, 1.165) is 21.7 Å². The van der Waals surface area contributed by atoms with Gasteiger partial charge in [0.1, 0.15) is 11.6 Å². The molecule has 5 nitrogen and oxygen atoms in total. The Hall–Kier alpha value is -2.95. The van der Waals surface area contributed by atoms with Crippen LogP contribution in [0.2, 0.25) is 0 Å². The Balaban J connectivity index is 1.93. The topological polar surface area (TPSA) is 52.2 Å². The minimum Gasteiger partial charge on any atom is -0.497 e. The van der Waals surface area contributed by atoms with E-state index in [-0.39, 0.29) is 5.88 Å². The minimum absolute atomic E-state index is 0.164. The number of nitrogens with zero attached hydrogens (tertiary/aromatic N) is 3. The van der Waals surface area contributed by atoms with Gasteiger partial charge in [0, 0.05) is 35.6 Å². The van der Waals surface area contributed by atoms with E-state index in [1.54, 1.807) is 11.7 Å². The fourth-order valence-corrected chi connectivity index (χ4v) is 2.76. The van der Waals surface area contributed by atoms with Crippen molar-refractivity contribution >= 4 is 21.7 Å². The molecule has 3 heterocycles. The summed E-state index contributed by atoms with van der Waals surface area (Å²) in [6, 6.07) is 9.61. The van der Waals surface area contributed by atoms with E-state index in [4.69, 9.17) is 4.74 Å². The van der Waals surface area contributed by atoms with Gasteiger partial charge in [0.2, 0.25) is 5.88 Å². The van der Waals surface area contributed by atoms with Crippen molar-refractivity contribution in [3.8, 4) is 17.4 Å². The third kappa shape index (κ3) is 1.75. The van der Waals surface area contributed by atoms with Crippen LogP contribution in [-0.2, 0) is 7.05 Å². The Morgan fingerprint density at radius 1 is 1.14 bits per heavy atom. The smallest absolute Gasteiger partial charge is 0.205 e. The fourth-order valence-electron chi connectivity index (χ4n) is 2.76. The Labute approximate surface area is 127 Å². The number of methoxy groups -OCH3 is 1. The van der Waals surface area contributed by atoms with Crippen molar-refractivity contribution in [3.05, 3.63) is 48.9 Å². The monoisotopic (exact) mass is 293 g/mol. The van der Waals surface area contributed by atoms with Gasteiger partial charge in [-0.05, 0) is 30.3 Å². The lowest BCUT2D eigenvalue weighted by molar-refractivity contribution is 0.414. The van der Waals surface area contributed by atoms with Gasteiger partial charge in [-0.3, -0.25) is 4.57 Å². The molecule has 0 spiro atoms. The van der Waals surface area contributed by atoms with E-state index < -0.39 is 0 Å². The zero-order valence-electron chi connectivity index (χ0n) is 12.3. The summed E-state index contributed by atoms with van der Waals surface area (Å²) >= 11 is 0. The first-order valence-electron chi connectivity index (χ1n) is 6.97. The number of hydrogen-bond donors (Lipinski definition) is 1. The second-order valence-electron chi connectivity index (χ2n) is 5.30. The van der Waals surface area contributed by atoms with Crippen LogP contribution in [-0.4, -0.2) is 26.3 Å². The van der Waals surface area contributed by atoms with Gasteiger partial charge in [0.25, 0.3) is 0 Å². The van der Waals surface area contributed by atoms with Crippen LogP contribution in [0.15, 0.2) is 48.9 Å². The highest BCUT2D eigenvalue weighted by atomic mass is 16.5. The molecule has 110 valence electrons. The zero-order valence-corrected chi connectivity index (χ0v) is 12.3. The molecule has 0 aliphatic carbocycles. The lowest BCUT2D eigenvalue weighted by Gasteiger charge is -2.04. The molecule has 0 fully saturated rings. The molecule has 0 saturated heterocycles. The Morgan fingerprint density at radius 2 is 2.00 bits per heavy atom. The molecule has 1 N–H and O–H groups in total. The highest BCUT2D eigenvalue weighted by Gasteiger charge is 2.12. The number of pyridine rings is 1. The molecule has 1 aromatic carbocycles. The summed E-state index contributed by atoms with van der Waals surface area (Å²) in [4.78, 5) is 4.46. The van der Waals surface area contributed by atoms with Crippen LogP contribution < -0.4 is 4.74 Å². The SMILES string of the molecule is COc1ccc2cn(-c3cc4ccn(C)c4cn3)c(O)c2c1. The number of ether oxygens (including phenoxy) is 1. The maximum absolute atomic E-state index is 10.5. The van der Waals surface area contributed by atoms with Crippen molar-refractivity contribution < 1.29 is 9.84 Å². The summed E-state index contributed by atoms with van der Waals surface area (Å²) in [7, 11) is 3.59. The van der Waals surface area contributed by atoms with E-state index in [1.807, 2.05) is 60.5 Å². The zero-order chi connectivity index (χ0) is 15.3. The number of benzene rings is 1. The number of aromatic nitrogens is 3. The molecule has 22 heavy (non-hydrogen) atoms. The van der Waals surface area contributed by atoms with Crippen molar-refractivity contribution in [2.75, 3.05) is 7.11 Å². The molecule has 0 aliphatic rings. The van der Waals surface area contributed by atoms with E-state index in [0.29, 0.717) is 11.6 Å². The normalized spacial score (nSPS) is 11.4. The number of rotatable bonds is 2. The number of aromatic hydroxyl groups is 1. The van der Waals surface area contributed by atoms with Gasteiger partial charge in [-0.2, -0.15) is 0 Å². The molecule has 0 radical (unpaired) electrons. The average molecular weight is 293 g/mol. The van der Waals surface area contributed by atoms with Crippen molar-refractivity contribution in [2.45, 2.75) is 0 Å². The van der Waals surface area contributed by atoms with Gasteiger partial charge in [0.15, 0.2) is 0 Å². The van der Waals surface area contributed by atoms with Crippen LogP contribution in [0.3, 0.4) is 0 Å². The van der Waals surface area contributed by atoms with Crippen molar-refractivity contribution in [1.82, 2.24) is 14.1 Å². The van der Waals surface area contributed by atoms with E-state index >= 15 is 0 Å². The highest BCUT2D eigenvalue weighted by molar-refractivity contribution is 5.90. The largest absolute Gasteiger partial charge is 0.497 e. The predicted octanol–water partition coefficient (Wildman–Crippen LogP) is 3.23. The molecular formula is C17H15N3O2. The highest BCUT2D eigenvalue weighted by Crippen LogP contribution is 2.32. The quantitative estimate of drug-likeness (QED) is 0.617. The van der Waals surface area contributed by atoms with Gasteiger partial charge in [-0.25, -0.2) is 4.98 Å². The molecule has 4 rings (SSSR count). The van der Waals surface area contributed by atoms with Crippen LogP contribution in [0.5, 0.6) is 11.6 Å². The predicted molar refractivity (Wildman–Crippen MR) is 85.8 cm³/mol. The Kier molecular flexibility index (Phi) is 2.63. The second kappa shape index (κ2) is 4.53. The van der Waals surface area contributed by atoms with Crippen LogP contribution in [0.1, 0.15) is 0 Å². The molecule has 4 aromatic rings. The van der Waals surface area contributed by atoms with Crippen molar-refractivity contribution in [3.63, 3.8) is 0 Å². The summed E-state index contributed by atoms with van der Waals surface area (Å²) in [6.45, 7) is 0. The lowest BCUT2D eigenvalue weighted by Crippen LogP contribution is -1.95. The van der Waals surface area contributed by atoms with Crippen LogP contribution in [0.25, 0.3) is 27.5 Å². The maximum atomic E-state index is 10.5. The summed E-state index contributed by atoms with van der Waals surface area (Å²) in [6.07, 6.45) is 5.68. The minimum atomic E-state index is 0.164. The first-order chi connectivity index (χ1) is 10.7. The third-order valence-electron chi connectivity index (χ3n) is 4.00. The number of aryl methyl sites for hydroxylation is 1. The second-order valence-corrected chi connectivity index (χ2v) is 5.30. The Morgan fingerprint density at radius 3 is 2.82 bits per heavy atom. The summed E-state index contributed by atoms with van der Waals surface area (Å²) in [5.74, 6) is 1.56. The number of fused-ring (bicyclic) bond motifs is 2. The molecule has 0 amide bonds. The molecule has 0 unspecified atom stereocenters. The Bertz CT molecular complexity index is 998. The maximum Gasteiger partial charge on any atom is 0.205 e.